The first-order valence-corrected chi connectivity index (χ1v) is 10.8. The van der Waals surface area contributed by atoms with E-state index in [0.29, 0.717) is 16.3 Å². The average Bonchev–Trinajstić information content (AvgIpc) is 3.08. The van der Waals surface area contributed by atoms with E-state index in [0.717, 1.165) is 23.2 Å². The lowest BCUT2D eigenvalue weighted by atomic mass is 10.1. The molecule has 2 N–H and O–H groups in total. The second-order valence-electron chi connectivity index (χ2n) is 7.04. The number of carbonyl (C=O) groups is 1. The Morgan fingerprint density at radius 2 is 1.85 bits per heavy atom. The van der Waals surface area contributed by atoms with E-state index < -0.39 is 0 Å². The van der Waals surface area contributed by atoms with Gasteiger partial charge in [0.25, 0.3) is 0 Å². The Kier molecular flexibility index (Phi) is 7.79. The number of hydrogen-bond acceptors (Lipinski definition) is 8. The molecular formula is C19H28N4O2S2. The molecule has 0 aliphatic rings. The SMILES string of the molecule is CCN(CC)C(N)CSc1nnc(C(=O)c2ccc(OC(C)(C)C)cc2)s1. The maximum Gasteiger partial charge on any atom is 0.223 e. The van der Waals surface area contributed by atoms with Gasteiger partial charge in [-0.3, -0.25) is 9.69 Å². The van der Waals surface area contributed by atoms with E-state index in [1.807, 2.05) is 20.8 Å². The molecule has 1 unspecified atom stereocenters. The molecule has 0 amide bonds. The van der Waals surface area contributed by atoms with Crippen LogP contribution in [0.3, 0.4) is 0 Å². The molecule has 0 aliphatic heterocycles. The van der Waals surface area contributed by atoms with Crippen molar-refractivity contribution >= 4 is 28.9 Å². The van der Waals surface area contributed by atoms with Crippen LogP contribution in [-0.4, -0.2) is 51.5 Å². The normalized spacial score (nSPS) is 13.0. The second-order valence-corrected chi connectivity index (χ2v) is 9.29. The fourth-order valence-corrected chi connectivity index (χ4v) is 4.30. The summed E-state index contributed by atoms with van der Waals surface area (Å²) in [6.07, 6.45) is -0.0385. The molecule has 1 aromatic carbocycles. The number of ketones is 1. The van der Waals surface area contributed by atoms with Crippen LogP contribution in [0.25, 0.3) is 0 Å². The van der Waals surface area contributed by atoms with Crippen molar-refractivity contribution < 1.29 is 9.53 Å². The van der Waals surface area contributed by atoms with E-state index >= 15 is 0 Å². The fourth-order valence-electron chi connectivity index (χ4n) is 2.47. The zero-order chi connectivity index (χ0) is 20.0. The van der Waals surface area contributed by atoms with Crippen molar-refractivity contribution in [3.05, 3.63) is 34.8 Å². The number of thioether (sulfide) groups is 1. The summed E-state index contributed by atoms with van der Waals surface area (Å²) in [6.45, 7) is 12.0. The zero-order valence-corrected chi connectivity index (χ0v) is 18.2. The third kappa shape index (κ3) is 6.57. The van der Waals surface area contributed by atoms with Gasteiger partial charge in [0.1, 0.15) is 11.4 Å². The van der Waals surface area contributed by atoms with Crippen LogP contribution in [0.4, 0.5) is 0 Å². The van der Waals surface area contributed by atoms with Crippen molar-refractivity contribution in [1.29, 1.82) is 0 Å². The molecule has 0 saturated carbocycles. The van der Waals surface area contributed by atoms with Crippen molar-refractivity contribution in [2.75, 3.05) is 18.8 Å². The van der Waals surface area contributed by atoms with Gasteiger partial charge in [-0.2, -0.15) is 0 Å². The molecular weight excluding hydrogens is 380 g/mol. The van der Waals surface area contributed by atoms with Gasteiger partial charge in [0, 0.05) is 11.3 Å². The summed E-state index contributed by atoms with van der Waals surface area (Å²) in [5, 5.41) is 8.56. The fraction of sp³-hybridized carbons (Fsp3) is 0.526. The number of benzene rings is 1. The van der Waals surface area contributed by atoms with E-state index in [1.54, 1.807) is 24.3 Å². The highest BCUT2D eigenvalue weighted by molar-refractivity contribution is 8.01. The van der Waals surface area contributed by atoms with E-state index in [1.165, 1.54) is 23.1 Å². The highest BCUT2D eigenvalue weighted by Crippen LogP contribution is 2.26. The number of nitrogens with two attached hydrogens (primary N) is 1. The first-order chi connectivity index (χ1) is 12.7. The quantitative estimate of drug-likeness (QED) is 0.385. The third-order valence-corrected chi connectivity index (χ3v) is 5.96. The maximum atomic E-state index is 12.6. The second kappa shape index (κ2) is 9.64. The van der Waals surface area contributed by atoms with Crippen molar-refractivity contribution in [1.82, 2.24) is 15.1 Å². The molecule has 8 heteroatoms. The average molecular weight is 409 g/mol. The van der Waals surface area contributed by atoms with E-state index in [4.69, 9.17) is 10.5 Å². The lowest BCUT2D eigenvalue weighted by Crippen LogP contribution is -2.43. The molecule has 1 atom stereocenters. The summed E-state index contributed by atoms with van der Waals surface area (Å²) in [7, 11) is 0. The Bertz CT molecular complexity index is 737. The summed E-state index contributed by atoms with van der Waals surface area (Å²) in [5.74, 6) is 1.32. The molecule has 0 spiro atoms. The number of carbonyl (C=O) groups excluding carboxylic acids is 1. The molecule has 27 heavy (non-hydrogen) atoms. The van der Waals surface area contributed by atoms with Crippen LogP contribution in [0.15, 0.2) is 28.6 Å². The van der Waals surface area contributed by atoms with Crippen LogP contribution in [0.5, 0.6) is 5.75 Å². The molecule has 2 rings (SSSR count). The lowest BCUT2D eigenvalue weighted by molar-refractivity contribution is 0.103. The maximum absolute atomic E-state index is 12.6. The third-order valence-electron chi connectivity index (χ3n) is 3.80. The largest absolute Gasteiger partial charge is 0.488 e. The van der Waals surface area contributed by atoms with Crippen LogP contribution in [-0.2, 0) is 0 Å². The Labute approximate surface area is 169 Å². The molecule has 1 heterocycles. The van der Waals surface area contributed by atoms with Gasteiger partial charge in [0.15, 0.2) is 9.35 Å². The molecule has 0 saturated heterocycles. The van der Waals surface area contributed by atoms with Gasteiger partial charge in [-0.15, -0.1) is 10.2 Å². The molecule has 0 radical (unpaired) electrons. The van der Waals surface area contributed by atoms with Gasteiger partial charge in [-0.25, -0.2) is 0 Å². The molecule has 0 bridgehead atoms. The Hall–Kier alpha value is -1.48. The molecule has 6 nitrogen and oxygen atoms in total. The predicted molar refractivity (Wildman–Crippen MR) is 112 cm³/mol. The van der Waals surface area contributed by atoms with Gasteiger partial charge in [0.05, 0.1) is 6.17 Å². The number of rotatable bonds is 9. The van der Waals surface area contributed by atoms with Crippen LogP contribution in [0, 0.1) is 0 Å². The smallest absolute Gasteiger partial charge is 0.223 e. The highest BCUT2D eigenvalue weighted by Gasteiger charge is 2.18. The van der Waals surface area contributed by atoms with Crippen LogP contribution >= 0.6 is 23.1 Å². The summed E-state index contributed by atoms with van der Waals surface area (Å²) in [5.41, 5.74) is 6.48. The first kappa shape index (κ1) is 21.8. The van der Waals surface area contributed by atoms with E-state index in [2.05, 4.69) is 28.9 Å². The molecule has 0 aliphatic carbocycles. The van der Waals surface area contributed by atoms with Crippen LogP contribution < -0.4 is 10.5 Å². The zero-order valence-electron chi connectivity index (χ0n) is 16.6. The summed E-state index contributed by atoms with van der Waals surface area (Å²) in [4.78, 5) is 14.8. The highest BCUT2D eigenvalue weighted by atomic mass is 32.2. The minimum absolute atomic E-state index is 0.0385. The monoisotopic (exact) mass is 408 g/mol. The van der Waals surface area contributed by atoms with E-state index in [9.17, 15) is 4.79 Å². The minimum atomic E-state index is -0.275. The van der Waals surface area contributed by atoms with Gasteiger partial charge in [-0.1, -0.05) is 36.9 Å². The van der Waals surface area contributed by atoms with Gasteiger partial charge >= 0.3 is 0 Å². The molecule has 148 valence electrons. The summed E-state index contributed by atoms with van der Waals surface area (Å²) < 4.78 is 6.54. The first-order valence-electron chi connectivity index (χ1n) is 9.03. The molecule has 2 aromatic rings. The van der Waals surface area contributed by atoms with Crippen LogP contribution in [0.2, 0.25) is 0 Å². The van der Waals surface area contributed by atoms with Crippen LogP contribution in [0.1, 0.15) is 50.0 Å². The standard InChI is InChI=1S/C19H28N4O2S2/c1-6-23(7-2)15(20)12-26-18-22-21-17(27-18)16(24)13-8-10-14(11-9-13)25-19(3,4)5/h8-11,15H,6-7,12,20H2,1-5H3. The summed E-state index contributed by atoms with van der Waals surface area (Å²) >= 11 is 2.84. The van der Waals surface area contributed by atoms with Crippen molar-refractivity contribution in [3.8, 4) is 5.75 Å². The Morgan fingerprint density at radius 1 is 1.22 bits per heavy atom. The topological polar surface area (TPSA) is 81.3 Å². The Balaban J connectivity index is 1.98. The lowest BCUT2D eigenvalue weighted by Gasteiger charge is -2.25. The van der Waals surface area contributed by atoms with E-state index in [-0.39, 0.29) is 17.6 Å². The van der Waals surface area contributed by atoms with Crippen molar-refractivity contribution in [3.63, 3.8) is 0 Å². The molecule has 0 fully saturated rings. The number of ether oxygens (including phenoxy) is 1. The number of nitrogens with zero attached hydrogens (tertiary/aromatic N) is 3. The predicted octanol–water partition coefficient (Wildman–Crippen LogP) is 3.67. The number of aromatic nitrogens is 2. The summed E-state index contributed by atoms with van der Waals surface area (Å²) in [6, 6.07) is 7.12. The Morgan fingerprint density at radius 3 is 2.41 bits per heavy atom. The van der Waals surface area contributed by atoms with Gasteiger partial charge in [0.2, 0.25) is 5.78 Å². The van der Waals surface area contributed by atoms with Crippen molar-refractivity contribution in [2.45, 2.75) is 50.7 Å². The van der Waals surface area contributed by atoms with Gasteiger partial charge < -0.3 is 10.5 Å². The van der Waals surface area contributed by atoms with Crippen molar-refractivity contribution in [2.24, 2.45) is 5.73 Å². The molecule has 1 aromatic heterocycles. The minimum Gasteiger partial charge on any atom is -0.488 e. The van der Waals surface area contributed by atoms with Gasteiger partial charge in [-0.05, 0) is 58.1 Å². The number of hydrogen-bond donors (Lipinski definition) is 1.